The van der Waals surface area contributed by atoms with Gasteiger partial charge >= 0.3 is 6.03 Å². The number of amides is 4. The van der Waals surface area contributed by atoms with Crippen molar-refractivity contribution in [3.8, 4) is 0 Å². The molecule has 1 N–H and O–H groups in total. The largest absolute Gasteiger partial charge is 0.349 e. The summed E-state index contributed by atoms with van der Waals surface area (Å²) in [4.78, 5) is 56.4. The Balaban J connectivity index is 1.50. The van der Waals surface area contributed by atoms with E-state index in [1.807, 2.05) is 0 Å². The topological polar surface area (TPSA) is 99.7 Å². The Kier molecular flexibility index (Phi) is 4.84. The Morgan fingerprint density at radius 2 is 1.86 bits per heavy atom. The van der Waals surface area contributed by atoms with Gasteiger partial charge in [-0.1, -0.05) is 12.1 Å². The maximum atomic E-state index is 13.0. The van der Waals surface area contributed by atoms with Gasteiger partial charge in [0.2, 0.25) is 0 Å². The second-order valence-electron chi connectivity index (χ2n) is 7.20. The molecule has 0 spiro atoms. The number of aromatic nitrogens is 1. The van der Waals surface area contributed by atoms with Crippen LogP contribution in [0.3, 0.4) is 0 Å². The van der Waals surface area contributed by atoms with Crippen molar-refractivity contribution in [2.45, 2.75) is 31.8 Å². The average molecular weight is 392 g/mol. The first kappa shape index (κ1) is 18.8. The zero-order chi connectivity index (χ0) is 20.5. The lowest BCUT2D eigenvalue weighted by Crippen LogP contribution is -2.49. The van der Waals surface area contributed by atoms with E-state index in [0.717, 1.165) is 4.90 Å². The average Bonchev–Trinajstić information content (AvgIpc) is 2.98. The first-order valence-electron chi connectivity index (χ1n) is 9.42. The van der Waals surface area contributed by atoms with Gasteiger partial charge < -0.3 is 10.2 Å². The van der Waals surface area contributed by atoms with Gasteiger partial charge in [0.15, 0.2) is 5.78 Å². The summed E-state index contributed by atoms with van der Waals surface area (Å²) in [6.45, 7) is 1.81. The number of piperidine rings is 1. The number of carbonyl (C=O) groups is 4. The van der Waals surface area contributed by atoms with Crippen LogP contribution in [0.2, 0.25) is 0 Å². The second-order valence-corrected chi connectivity index (χ2v) is 7.20. The van der Waals surface area contributed by atoms with Crippen LogP contribution in [0.1, 0.15) is 40.5 Å². The molecule has 2 aliphatic heterocycles. The van der Waals surface area contributed by atoms with Crippen LogP contribution in [0.15, 0.2) is 48.8 Å². The summed E-state index contributed by atoms with van der Waals surface area (Å²) in [5.74, 6) is -0.699. The normalized spacial score (nSPS) is 21.1. The van der Waals surface area contributed by atoms with E-state index in [-0.39, 0.29) is 29.7 Å². The fourth-order valence-corrected chi connectivity index (χ4v) is 3.80. The van der Waals surface area contributed by atoms with Crippen LogP contribution in [0.4, 0.5) is 10.5 Å². The summed E-state index contributed by atoms with van der Waals surface area (Å²) < 4.78 is 0. The van der Waals surface area contributed by atoms with Gasteiger partial charge in [-0.2, -0.15) is 0 Å². The first-order chi connectivity index (χ1) is 14.0. The number of hydrogen-bond donors (Lipinski definition) is 1. The van der Waals surface area contributed by atoms with E-state index in [1.165, 1.54) is 11.8 Å². The van der Waals surface area contributed by atoms with Crippen LogP contribution in [-0.2, 0) is 4.79 Å². The number of fused-ring (bicyclic) bond motifs is 1. The number of Topliss-reactive ketones (excluding diaryl/α,β-unsaturated/α-hetero) is 1. The molecule has 2 saturated heterocycles. The summed E-state index contributed by atoms with van der Waals surface area (Å²) in [7, 11) is 0. The second kappa shape index (κ2) is 7.46. The molecule has 0 unspecified atom stereocenters. The molecule has 2 aliphatic rings. The molecule has 2 fully saturated rings. The summed E-state index contributed by atoms with van der Waals surface area (Å²) in [5.41, 5.74) is 1.33. The highest BCUT2D eigenvalue weighted by Gasteiger charge is 2.48. The Hall–Kier alpha value is -3.55. The van der Waals surface area contributed by atoms with Crippen molar-refractivity contribution in [1.29, 1.82) is 0 Å². The third-order valence-electron chi connectivity index (χ3n) is 5.33. The van der Waals surface area contributed by atoms with Gasteiger partial charge in [0.1, 0.15) is 6.04 Å². The zero-order valence-electron chi connectivity index (χ0n) is 15.9. The number of benzene rings is 1. The van der Waals surface area contributed by atoms with Gasteiger partial charge in [-0.3, -0.25) is 19.4 Å². The van der Waals surface area contributed by atoms with Crippen molar-refractivity contribution in [3.63, 3.8) is 0 Å². The summed E-state index contributed by atoms with van der Waals surface area (Å²) >= 11 is 0. The molecule has 29 heavy (non-hydrogen) atoms. The number of imide groups is 1. The molecule has 2 atom stereocenters. The number of nitrogens with one attached hydrogen (secondary N) is 1. The van der Waals surface area contributed by atoms with Gasteiger partial charge in [-0.05, 0) is 44.0 Å². The Labute approximate surface area is 167 Å². The predicted octanol–water partition coefficient (Wildman–Crippen LogP) is 2.01. The minimum absolute atomic E-state index is 0.137. The van der Waals surface area contributed by atoms with Crippen molar-refractivity contribution < 1.29 is 19.2 Å². The van der Waals surface area contributed by atoms with E-state index in [9.17, 15) is 19.2 Å². The van der Waals surface area contributed by atoms with E-state index in [1.54, 1.807) is 48.8 Å². The van der Waals surface area contributed by atoms with E-state index in [0.29, 0.717) is 36.2 Å². The van der Waals surface area contributed by atoms with Crippen LogP contribution in [-0.4, -0.2) is 52.1 Å². The quantitative estimate of drug-likeness (QED) is 0.634. The molecule has 0 aliphatic carbocycles. The monoisotopic (exact) mass is 392 g/mol. The first-order valence-corrected chi connectivity index (χ1v) is 9.42. The van der Waals surface area contributed by atoms with Gasteiger partial charge in [0.05, 0.1) is 5.69 Å². The van der Waals surface area contributed by atoms with Crippen molar-refractivity contribution in [1.82, 2.24) is 15.2 Å². The standard InChI is InChI=1S/C21H20N4O4/c1-13(26)15-3-2-4-17(11-15)25-20(28)18-12-16(7-10-24(18)21(25)29)23-19(27)14-5-8-22-9-6-14/h2-6,8-9,11,16,18H,7,10,12H2,1H3,(H,23,27)/t16-,18+/m0/s1. The van der Waals surface area contributed by atoms with E-state index in [2.05, 4.69) is 10.3 Å². The Morgan fingerprint density at radius 3 is 2.59 bits per heavy atom. The van der Waals surface area contributed by atoms with Crippen molar-refractivity contribution in [3.05, 3.63) is 59.9 Å². The Morgan fingerprint density at radius 1 is 1.10 bits per heavy atom. The number of nitrogens with zero attached hydrogens (tertiary/aromatic N) is 3. The lowest BCUT2D eigenvalue weighted by molar-refractivity contribution is -0.120. The third-order valence-corrected chi connectivity index (χ3v) is 5.33. The Bertz CT molecular complexity index is 991. The van der Waals surface area contributed by atoms with Crippen LogP contribution in [0.5, 0.6) is 0 Å². The number of carbonyl (C=O) groups excluding carboxylic acids is 4. The molecule has 4 rings (SSSR count). The van der Waals surface area contributed by atoms with Crippen LogP contribution in [0.25, 0.3) is 0 Å². The van der Waals surface area contributed by atoms with E-state index in [4.69, 9.17) is 0 Å². The minimum Gasteiger partial charge on any atom is -0.349 e. The van der Waals surface area contributed by atoms with E-state index < -0.39 is 6.04 Å². The number of rotatable bonds is 4. The molecule has 0 radical (unpaired) electrons. The molecule has 0 saturated carbocycles. The van der Waals surface area contributed by atoms with Crippen LogP contribution in [0, 0.1) is 0 Å². The number of anilines is 1. The zero-order valence-corrected chi connectivity index (χ0v) is 15.9. The molecule has 1 aromatic heterocycles. The molecule has 8 heteroatoms. The molecule has 3 heterocycles. The molecule has 4 amide bonds. The molecule has 148 valence electrons. The third kappa shape index (κ3) is 3.49. The van der Waals surface area contributed by atoms with Crippen LogP contribution < -0.4 is 10.2 Å². The lowest BCUT2D eigenvalue weighted by atomic mass is 9.97. The molecule has 1 aromatic carbocycles. The SMILES string of the molecule is CC(=O)c1cccc(N2C(=O)[C@H]3C[C@@H](NC(=O)c4ccncc4)CCN3C2=O)c1. The highest BCUT2D eigenvalue weighted by molar-refractivity contribution is 6.21. The van der Waals surface area contributed by atoms with Crippen molar-refractivity contribution in [2.75, 3.05) is 11.4 Å². The smallest absolute Gasteiger partial charge is 0.332 e. The molecular formula is C21H20N4O4. The van der Waals surface area contributed by atoms with Gasteiger partial charge in [0.25, 0.3) is 11.8 Å². The highest BCUT2D eigenvalue weighted by Crippen LogP contribution is 2.31. The summed E-state index contributed by atoms with van der Waals surface area (Å²) in [6.07, 6.45) is 4.01. The molecule has 8 nitrogen and oxygen atoms in total. The molecule has 2 aromatic rings. The van der Waals surface area contributed by atoms with E-state index >= 15 is 0 Å². The number of pyridine rings is 1. The van der Waals surface area contributed by atoms with Crippen molar-refractivity contribution in [2.24, 2.45) is 0 Å². The molecule has 0 bridgehead atoms. The number of urea groups is 1. The fourth-order valence-electron chi connectivity index (χ4n) is 3.80. The van der Waals surface area contributed by atoms with Gasteiger partial charge in [0, 0.05) is 36.1 Å². The summed E-state index contributed by atoms with van der Waals surface area (Å²) in [5, 5.41) is 2.94. The minimum atomic E-state index is -0.625. The number of ketones is 1. The lowest BCUT2D eigenvalue weighted by Gasteiger charge is -2.32. The fraction of sp³-hybridized carbons (Fsp3) is 0.286. The predicted molar refractivity (Wildman–Crippen MR) is 105 cm³/mol. The highest BCUT2D eigenvalue weighted by atomic mass is 16.2. The van der Waals surface area contributed by atoms with Crippen LogP contribution >= 0.6 is 0 Å². The maximum absolute atomic E-state index is 13.0. The maximum Gasteiger partial charge on any atom is 0.332 e. The number of hydrogen-bond acceptors (Lipinski definition) is 5. The van der Waals surface area contributed by atoms with Crippen molar-refractivity contribution >= 4 is 29.3 Å². The van der Waals surface area contributed by atoms with Gasteiger partial charge in [-0.15, -0.1) is 0 Å². The van der Waals surface area contributed by atoms with Gasteiger partial charge in [-0.25, -0.2) is 9.69 Å². The summed E-state index contributed by atoms with van der Waals surface area (Å²) in [6, 6.07) is 8.52. The molecular weight excluding hydrogens is 372 g/mol.